The number of nitrogen functional groups attached to an aromatic ring is 4. The lowest BCUT2D eigenvalue weighted by Crippen LogP contribution is -2.26. The molecule has 122 heavy (non-hydrogen) atoms. The molecule has 0 aliphatic heterocycles. The summed E-state index contributed by atoms with van der Waals surface area (Å²) < 4.78 is 28.6. The second-order valence-electron chi connectivity index (χ2n) is 28.8. The second kappa shape index (κ2) is 42.8. The lowest BCUT2D eigenvalue weighted by molar-refractivity contribution is 0.0943. The lowest BCUT2D eigenvalue weighted by Gasteiger charge is -2.15. The van der Waals surface area contributed by atoms with E-state index in [0.29, 0.717) is 154 Å². The summed E-state index contributed by atoms with van der Waals surface area (Å²) in [6.45, 7) is 4.12. The third kappa shape index (κ3) is 25.3. The zero-order chi connectivity index (χ0) is 87.0. The van der Waals surface area contributed by atoms with E-state index in [0.717, 1.165) is 88.7 Å². The van der Waals surface area contributed by atoms with Crippen molar-refractivity contribution >= 4 is 175 Å². The molecule has 0 spiro atoms. The van der Waals surface area contributed by atoms with Crippen LogP contribution in [0.3, 0.4) is 0 Å². The van der Waals surface area contributed by atoms with Crippen LogP contribution >= 0.6 is 46.4 Å². The van der Waals surface area contributed by atoms with Crippen molar-refractivity contribution in [2.75, 3.05) is 117 Å². The SMILES string of the molecule is CN(C)CCNc1ncc(Cl)cc1C(=O)NCc1ccc2c(N)nccc2c1.CN(C)c1cccc(CNc2ncc(Cl)cc2C(=O)CCc2ccc3c(N)nccc3c2)c1.COCCNc1ncc(Cl)cc1C(=O)NCc1ccc2c(N)nccc2c1.CS(=O)(=O)c1cccc(CNc2ncc(Cl)cc2C(=O)CCc2ccc3c(N)nccc3c2)c1. The van der Waals surface area contributed by atoms with Crippen molar-refractivity contribution < 1.29 is 32.3 Å². The van der Waals surface area contributed by atoms with Crippen molar-refractivity contribution in [1.82, 2.24) is 55.4 Å². The largest absolute Gasteiger partial charge is 0.383 e. The number of halogens is 4. The van der Waals surface area contributed by atoms with E-state index in [2.05, 4.69) is 88.8 Å². The number of fused-ring (bicyclic) bond motifs is 4. The molecule has 0 unspecified atom stereocenters. The molecule has 0 bridgehead atoms. The summed E-state index contributed by atoms with van der Waals surface area (Å²) >= 11 is 24.3. The molecule has 0 radical (unpaired) electrons. The number of sulfone groups is 1. The van der Waals surface area contributed by atoms with Crippen LogP contribution in [0.1, 0.15) is 87.7 Å². The molecule has 0 aliphatic rings. The zero-order valence-corrected chi connectivity index (χ0v) is 71.7. The van der Waals surface area contributed by atoms with Crippen molar-refractivity contribution in [3.05, 3.63) is 295 Å². The molecule has 6 aromatic carbocycles. The maximum absolute atomic E-state index is 13.1. The summed E-state index contributed by atoms with van der Waals surface area (Å²) in [4.78, 5) is 89.3. The van der Waals surface area contributed by atoms with Gasteiger partial charge >= 0.3 is 0 Å². The van der Waals surface area contributed by atoms with E-state index in [1.807, 2.05) is 142 Å². The van der Waals surface area contributed by atoms with E-state index in [4.69, 9.17) is 74.1 Å². The van der Waals surface area contributed by atoms with Gasteiger partial charge in [0.2, 0.25) is 0 Å². The van der Waals surface area contributed by atoms with Crippen LogP contribution in [0.4, 0.5) is 52.2 Å². The average molecular weight is 1740 g/mol. The number of nitrogens with zero attached hydrogens (tertiary/aromatic N) is 10. The number of rotatable bonds is 30. The Bertz CT molecular complexity index is 6230. The number of amides is 2. The number of hydrogen-bond acceptors (Lipinski definition) is 25. The van der Waals surface area contributed by atoms with Gasteiger partial charge in [0.25, 0.3) is 11.8 Å². The Kier molecular flexibility index (Phi) is 31.5. The fourth-order valence-corrected chi connectivity index (χ4v) is 14.2. The maximum Gasteiger partial charge on any atom is 0.255 e. The minimum absolute atomic E-state index is 0.0103. The molecule has 27 nitrogen and oxygen atoms in total. The van der Waals surface area contributed by atoms with E-state index in [9.17, 15) is 27.6 Å². The number of ketones is 2. The number of nitrogens with one attached hydrogen (secondary N) is 6. The number of aromatic nitrogens is 8. The summed E-state index contributed by atoms with van der Waals surface area (Å²) in [5.74, 6) is 3.26. The Labute approximate surface area is 726 Å². The van der Waals surface area contributed by atoms with Crippen LogP contribution in [0.5, 0.6) is 0 Å². The molecular formula is C90H92Cl4N20O7S. The smallest absolute Gasteiger partial charge is 0.255 e. The number of nitrogens with two attached hydrogens (primary N) is 4. The van der Waals surface area contributed by atoms with Crippen molar-refractivity contribution in [3.63, 3.8) is 0 Å². The van der Waals surface area contributed by atoms with Gasteiger partial charge in [-0.25, -0.2) is 48.3 Å². The van der Waals surface area contributed by atoms with E-state index in [-0.39, 0.29) is 34.7 Å². The number of carbonyl (C=O) groups excluding carboxylic acids is 4. The number of Topliss-reactive ketones (excluding diaryl/α,β-unsaturated/α-hetero) is 2. The first kappa shape index (κ1) is 89.8. The predicted octanol–water partition coefficient (Wildman–Crippen LogP) is 15.7. The fourth-order valence-electron chi connectivity index (χ4n) is 12.8. The number of carbonyl (C=O) groups is 4. The van der Waals surface area contributed by atoms with Gasteiger partial charge in [0, 0.05) is 163 Å². The Hall–Kier alpha value is -12.9. The molecule has 14 rings (SSSR count). The summed E-state index contributed by atoms with van der Waals surface area (Å²) in [6.07, 6.45) is 15.7. The molecule has 628 valence electrons. The second-order valence-corrected chi connectivity index (χ2v) is 32.5. The molecule has 8 aromatic heterocycles. The fraction of sp³-hybridized carbons (Fsp3) is 0.200. The first-order valence-corrected chi connectivity index (χ1v) is 42.0. The number of aryl methyl sites for hydroxylation is 2. The topological polar surface area (TPSA) is 398 Å². The van der Waals surface area contributed by atoms with Crippen molar-refractivity contribution in [2.45, 2.75) is 56.8 Å². The van der Waals surface area contributed by atoms with E-state index < -0.39 is 9.84 Å². The standard InChI is InChI=1S/C26H26ClN5O.C25H23ClN4O3S.C20H23ClN6O.C19H20ClN5O2/c1-32(2)21-5-3-4-18(13-21)15-30-26-23(14-20(27)16-31-26)24(33)9-7-17-6-8-22-19(12-17)10-11-29-25(22)28;1-34(32,33)20-4-2-3-17(12-20)14-29-25-22(13-19(26)15-30-25)23(31)8-6-16-5-7-21-18(11-16)9-10-28-24(21)27;1-27(2)8-7-24-19-17(10-15(21)12-25-19)20(28)26-11-13-3-4-16-14(9-13)5-6-23-18(16)22;1-27-7-6-23-18-16(9-14(20)11-24-18)19(26)25-10-12-2-3-15-13(8-12)4-5-22-17(15)21/h3-6,8,10-14,16H,7,9,15H2,1-2H3,(H2,28,29)(H,30,31);2-5,7,9-13,15H,6,8,14H2,1H3,(H2,27,28)(H,29,30);3-6,9-10,12H,7-8,11H2,1-2H3,(H2,22,23)(H,24,25)(H,26,28);2-5,8-9,11H,6-7,10H2,1H3,(H2,21,22)(H,23,24)(H,25,26). The lowest BCUT2D eigenvalue weighted by atomic mass is 10.0. The van der Waals surface area contributed by atoms with Gasteiger partial charge in [-0.2, -0.15) is 0 Å². The molecular weight excluding hydrogens is 1650 g/mol. The van der Waals surface area contributed by atoms with Crippen LogP contribution in [0, 0.1) is 0 Å². The molecule has 0 aliphatic carbocycles. The molecule has 32 heteroatoms. The third-order valence-corrected chi connectivity index (χ3v) is 21.2. The third-order valence-electron chi connectivity index (χ3n) is 19.3. The number of pyridine rings is 8. The van der Waals surface area contributed by atoms with E-state index in [1.54, 1.807) is 86.6 Å². The number of ether oxygens (including phenoxy) is 1. The molecule has 14 N–H and O–H groups in total. The Balaban J connectivity index is 0.000000159. The number of likely N-dealkylation sites (N-methyl/N-ethyl adjacent to an activating group) is 1. The van der Waals surface area contributed by atoms with Crippen LogP contribution in [0.15, 0.2) is 224 Å². The number of benzene rings is 6. The first-order chi connectivity index (χ1) is 58.6. The van der Waals surface area contributed by atoms with Crippen LogP contribution < -0.4 is 59.7 Å². The van der Waals surface area contributed by atoms with Gasteiger partial charge in [0.15, 0.2) is 21.4 Å². The summed E-state index contributed by atoms with van der Waals surface area (Å²) in [5.41, 5.74) is 32.2. The molecule has 0 atom stereocenters. The highest BCUT2D eigenvalue weighted by Crippen LogP contribution is 2.30. The molecule has 14 aromatic rings. The predicted molar refractivity (Wildman–Crippen MR) is 492 cm³/mol. The summed E-state index contributed by atoms with van der Waals surface area (Å²) in [5, 5.41) is 27.6. The monoisotopic (exact) mass is 1740 g/mol. The minimum atomic E-state index is -3.31. The Morgan fingerprint density at radius 3 is 1.14 bits per heavy atom. The van der Waals surface area contributed by atoms with Gasteiger partial charge < -0.3 is 69.4 Å². The number of hydrogen-bond donors (Lipinski definition) is 10. The minimum Gasteiger partial charge on any atom is -0.383 e. The highest BCUT2D eigenvalue weighted by Gasteiger charge is 2.21. The van der Waals surface area contributed by atoms with Gasteiger partial charge in [0.1, 0.15) is 46.5 Å². The van der Waals surface area contributed by atoms with Crippen LogP contribution in [-0.4, -0.2) is 144 Å². The van der Waals surface area contributed by atoms with Gasteiger partial charge in [-0.1, -0.05) is 131 Å². The molecule has 0 saturated heterocycles. The van der Waals surface area contributed by atoms with Crippen molar-refractivity contribution in [3.8, 4) is 0 Å². The van der Waals surface area contributed by atoms with Crippen LogP contribution in [-0.2, 0) is 53.6 Å². The zero-order valence-electron chi connectivity index (χ0n) is 67.8. The Morgan fingerprint density at radius 1 is 0.402 bits per heavy atom. The highest BCUT2D eigenvalue weighted by atomic mass is 35.5. The highest BCUT2D eigenvalue weighted by molar-refractivity contribution is 7.90. The van der Waals surface area contributed by atoms with Crippen molar-refractivity contribution in [1.29, 1.82) is 0 Å². The van der Waals surface area contributed by atoms with Crippen LogP contribution in [0.2, 0.25) is 20.1 Å². The van der Waals surface area contributed by atoms with Crippen LogP contribution in [0.25, 0.3) is 43.1 Å². The van der Waals surface area contributed by atoms with Gasteiger partial charge in [-0.3, -0.25) is 19.2 Å². The normalized spacial score (nSPS) is 11.0. The molecule has 2 amide bonds. The van der Waals surface area contributed by atoms with Gasteiger partial charge in [0.05, 0.1) is 53.8 Å². The molecule has 0 fully saturated rings. The quantitative estimate of drug-likeness (QED) is 0.0148. The van der Waals surface area contributed by atoms with E-state index in [1.165, 1.54) is 24.8 Å². The first-order valence-electron chi connectivity index (χ1n) is 38.5. The molecule has 0 saturated carbocycles. The average Bonchev–Trinajstić information content (AvgIpc) is 0.822. The number of anilines is 9. The number of methoxy groups -OCH3 is 1. The van der Waals surface area contributed by atoms with Gasteiger partial charge in [-0.05, 0) is 167 Å². The maximum atomic E-state index is 13.1. The summed E-state index contributed by atoms with van der Waals surface area (Å²) in [6, 6.07) is 52.4. The van der Waals surface area contributed by atoms with E-state index >= 15 is 0 Å². The van der Waals surface area contributed by atoms with Gasteiger partial charge in [-0.15, -0.1) is 0 Å². The summed E-state index contributed by atoms with van der Waals surface area (Å²) in [7, 11) is 6.28. The Morgan fingerprint density at radius 2 is 0.754 bits per heavy atom. The molecule has 8 heterocycles. The van der Waals surface area contributed by atoms with Crippen molar-refractivity contribution in [2.24, 2.45) is 0 Å².